The quantitative estimate of drug-likeness (QED) is 0.799. The first-order chi connectivity index (χ1) is 14.1. The Morgan fingerprint density at radius 3 is 2.66 bits per heavy atom. The number of hydrogen-bond donors (Lipinski definition) is 2. The van der Waals surface area contributed by atoms with Gasteiger partial charge in [-0.05, 0) is 38.0 Å². The summed E-state index contributed by atoms with van der Waals surface area (Å²) in [5.74, 6) is 0.0806. The molecule has 0 saturated carbocycles. The summed E-state index contributed by atoms with van der Waals surface area (Å²) in [6, 6.07) is 9.01. The van der Waals surface area contributed by atoms with Crippen molar-refractivity contribution in [3.8, 4) is 6.07 Å². The van der Waals surface area contributed by atoms with Crippen molar-refractivity contribution in [1.29, 1.82) is 5.26 Å². The number of ether oxygens (including phenoxy) is 1. The molecule has 2 aromatic rings. The van der Waals surface area contributed by atoms with E-state index >= 15 is 0 Å². The topological polar surface area (TPSA) is 120 Å². The fraction of sp³-hybridized carbons (Fsp3) is 0.350. The van der Waals surface area contributed by atoms with Gasteiger partial charge >= 0.3 is 6.09 Å². The van der Waals surface area contributed by atoms with Crippen molar-refractivity contribution in [3.63, 3.8) is 0 Å². The minimum absolute atomic E-state index is 0.0142. The van der Waals surface area contributed by atoms with Crippen LogP contribution in [0.4, 0.5) is 16.4 Å². The first-order valence-electron chi connectivity index (χ1n) is 9.41. The summed E-state index contributed by atoms with van der Waals surface area (Å²) in [6.45, 7) is 3.22. The Kier molecular flexibility index (Phi) is 6.58. The summed E-state index contributed by atoms with van der Waals surface area (Å²) in [5.41, 5.74) is 1.57. The van der Waals surface area contributed by atoms with E-state index in [0.717, 1.165) is 0 Å². The lowest BCUT2D eigenvalue weighted by Crippen LogP contribution is -2.46. The Morgan fingerprint density at radius 2 is 2.00 bits per heavy atom. The zero-order chi connectivity index (χ0) is 20.6. The van der Waals surface area contributed by atoms with Gasteiger partial charge in [0.15, 0.2) is 0 Å². The number of hydrogen-bond acceptors (Lipinski definition) is 7. The number of nitrogens with one attached hydrogen (secondary N) is 2. The SMILES string of the molecule is CCOC(=O)N1CCC(NC(=O)c2cnc(Nc3cccc(C#N)c3)nc2)CC1. The van der Waals surface area contributed by atoms with Gasteiger partial charge in [0.05, 0.1) is 23.8 Å². The fourth-order valence-electron chi connectivity index (χ4n) is 3.00. The number of nitriles is 1. The van der Waals surface area contributed by atoms with Gasteiger partial charge in [-0.15, -0.1) is 0 Å². The number of anilines is 2. The van der Waals surface area contributed by atoms with Gasteiger partial charge in [0.25, 0.3) is 5.91 Å². The number of carbonyl (C=O) groups excluding carboxylic acids is 2. The van der Waals surface area contributed by atoms with Crippen LogP contribution in [0, 0.1) is 11.3 Å². The summed E-state index contributed by atoms with van der Waals surface area (Å²) in [7, 11) is 0. The normalized spacial score (nSPS) is 14.0. The average Bonchev–Trinajstić information content (AvgIpc) is 2.75. The van der Waals surface area contributed by atoms with Gasteiger partial charge in [-0.1, -0.05) is 6.07 Å². The van der Waals surface area contributed by atoms with Crippen LogP contribution < -0.4 is 10.6 Å². The molecule has 29 heavy (non-hydrogen) atoms. The van der Waals surface area contributed by atoms with Crippen molar-refractivity contribution < 1.29 is 14.3 Å². The maximum atomic E-state index is 12.4. The summed E-state index contributed by atoms with van der Waals surface area (Å²) in [4.78, 5) is 34.1. The molecule has 0 radical (unpaired) electrons. The highest BCUT2D eigenvalue weighted by atomic mass is 16.6. The molecule has 1 aliphatic heterocycles. The minimum atomic E-state index is -0.311. The van der Waals surface area contributed by atoms with Crippen molar-refractivity contribution in [3.05, 3.63) is 47.8 Å². The number of nitrogens with zero attached hydrogens (tertiary/aromatic N) is 4. The molecular weight excluding hydrogens is 372 g/mol. The van der Waals surface area contributed by atoms with Gasteiger partial charge in [0.2, 0.25) is 5.95 Å². The highest BCUT2D eigenvalue weighted by Crippen LogP contribution is 2.15. The maximum absolute atomic E-state index is 12.4. The van der Waals surface area contributed by atoms with Gasteiger partial charge in [0.1, 0.15) is 0 Å². The van der Waals surface area contributed by atoms with Gasteiger partial charge in [-0.25, -0.2) is 14.8 Å². The van der Waals surface area contributed by atoms with Crippen LogP contribution in [0.25, 0.3) is 0 Å². The molecular formula is C20H22N6O3. The van der Waals surface area contributed by atoms with E-state index in [9.17, 15) is 9.59 Å². The summed E-state index contributed by atoms with van der Waals surface area (Å²) in [6.07, 6.45) is 3.92. The molecule has 1 aromatic heterocycles. The molecule has 150 valence electrons. The van der Waals surface area contributed by atoms with Gasteiger partial charge in [-0.3, -0.25) is 4.79 Å². The Bertz CT molecular complexity index is 901. The Balaban J connectivity index is 1.52. The lowest BCUT2D eigenvalue weighted by atomic mass is 10.1. The van der Waals surface area contributed by atoms with Crippen molar-refractivity contribution in [2.24, 2.45) is 0 Å². The van der Waals surface area contributed by atoms with Crippen LogP contribution in [0.2, 0.25) is 0 Å². The fourth-order valence-corrected chi connectivity index (χ4v) is 3.00. The van der Waals surface area contributed by atoms with E-state index < -0.39 is 0 Å². The van der Waals surface area contributed by atoms with E-state index in [4.69, 9.17) is 10.00 Å². The smallest absolute Gasteiger partial charge is 0.409 e. The molecule has 0 unspecified atom stereocenters. The van der Waals surface area contributed by atoms with Crippen molar-refractivity contribution >= 4 is 23.6 Å². The third kappa shape index (κ3) is 5.42. The number of rotatable bonds is 5. The molecule has 2 amide bonds. The predicted molar refractivity (Wildman–Crippen MR) is 106 cm³/mol. The molecule has 0 bridgehead atoms. The molecule has 3 rings (SSSR count). The molecule has 1 aliphatic rings. The largest absolute Gasteiger partial charge is 0.450 e. The second-order valence-electron chi connectivity index (χ2n) is 6.55. The van der Waals surface area contributed by atoms with Gasteiger partial charge < -0.3 is 20.3 Å². The molecule has 0 atom stereocenters. The van der Waals surface area contributed by atoms with Crippen LogP contribution in [-0.4, -0.2) is 52.6 Å². The van der Waals surface area contributed by atoms with E-state index in [1.54, 1.807) is 36.1 Å². The molecule has 9 heteroatoms. The summed E-state index contributed by atoms with van der Waals surface area (Å²) < 4.78 is 4.99. The highest BCUT2D eigenvalue weighted by Gasteiger charge is 2.25. The molecule has 1 aromatic carbocycles. The number of aromatic nitrogens is 2. The molecule has 2 heterocycles. The van der Waals surface area contributed by atoms with Crippen LogP contribution in [0.5, 0.6) is 0 Å². The number of benzene rings is 1. The van der Waals surface area contributed by atoms with Crippen molar-refractivity contribution in [1.82, 2.24) is 20.2 Å². The van der Waals surface area contributed by atoms with E-state index in [0.29, 0.717) is 55.3 Å². The summed E-state index contributed by atoms with van der Waals surface area (Å²) in [5, 5.41) is 14.9. The predicted octanol–water partition coefficient (Wildman–Crippen LogP) is 2.44. The third-order valence-electron chi connectivity index (χ3n) is 4.52. The first kappa shape index (κ1) is 20.1. The molecule has 1 saturated heterocycles. The van der Waals surface area contributed by atoms with E-state index in [1.165, 1.54) is 12.4 Å². The van der Waals surface area contributed by atoms with Crippen LogP contribution >= 0.6 is 0 Å². The second kappa shape index (κ2) is 9.50. The van der Waals surface area contributed by atoms with E-state index in [1.807, 2.05) is 0 Å². The lowest BCUT2D eigenvalue weighted by Gasteiger charge is -2.31. The van der Waals surface area contributed by atoms with E-state index in [-0.39, 0.29) is 18.0 Å². The average molecular weight is 394 g/mol. The van der Waals surface area contributed by atoms with Crippen LogP contribution in [-0.2, 0) is 4.74 Å². The van der Waals surface area contributed by atoms with Crippen LogP contribution in [0.1, 0.15) is 35.7 Å². The van der Waals surface area contributed by atoms with E-state index in [2.05, 4.69) is 26.7 Å². The number of carbonyl (C=O) groups is 2. The number of piperidine rings is 1. The Hall–Kier alpha value is -3.67. The molecule has 0 aliphatic carbocycles. The van der Waals surface area contributed by atoms with Gasteiger partial charge in [-0.2, -0.15) is 5.26 Å². The molecule has 2 N–H and O–H groups in total. The Morgan fingerprint density at radius 1 is 1.28 bits per heavy atom. The highest BCUT2D eigenvalue weighted by molar-refractivity contribution is 5.93. The van der Waals surface area contributed by atoms with Crippen molar-refractivity contribution in [2.45, 2.75) is 25.8 Å². The van der Waals surface area contributed by atoms with Gasteiger partial charge in [0, 0.05) is 37.2 Å². The zero-order valence-electron chi connectivity index (χ0n) is 16.1. The number of likely N-dealkylation sites (tertiary alicyclic amines) is 1. The summed E-state index contributed by atoms with van der Waals surface area (Å²) >= 11 is 0. The minimum Gasteiger partial charge on any atom is -0.450 e. The van der Waals surface area contributed by atoms with Crippen LogP contribution in [0.15, 0.2) is 36.7 Å². The maximum Gasteiger partial charge on any atom is 0.409 e. The zero-order valence-corrected chi connectivity index (χ0v) is 16.1. The number of amides is 2. The molecule has 1 fully saturated rings. The Labute approximate surface area is 168 Å². The first-order valence-corrected chi connectivity index (χ1v) is 9.41. The molecule has 0 spiro atoms. The van der Waals surface area contributed by atoms with Crippen molar-refractivity contribution in [2.75, 3.05) is 25.0 Å². The standard InChI is InChI=1S/C20H22N6O3/c1-2-29-20(28)26-8-6-16(7-9-26)24-18(27)15-12-22-19(23-13-15)25-17-5-3-4-14(10-17)11-21/h3-5,10,12-13,16H,2,6-9H2,1H3,(H,24,27)(H,22,23,25). The third-order valence-corrected chi connectivity index (χ3v) is 4.52. The second-order valence-corrected chi connectivity index (χ2v) is 6.55. The molecule has 9 nitrogen and oxygen atoms in total. The monoisotopic (exact) mass is 394 g/mol. The lowest BCUT2D eigenvalue weighted by molar-refractivity contribution is 0.0859. The van der Waals surface area contributed by atoms with Crippen LogP contribution in [0.3, 0.4) is 0 Å².